The number of nitrogens with one attached hydrogen (secondary N) is 2. The molecular weight excluding hydrogens is 445 g/mol. The molecule has 1 aromatic carbocycles. The molecule has 0 saturated carbocycles. The number of nitrogens with zero attached hydrogens (tertiary/aromatic N) is 1. The Morgan fingerprint density at radius 2 is 1.77 bits per heavy atom. The fourth-order valence-corrected chi connectivity index (χ4v) is 2.10. The number of aliphatic imine (C=N–C) groups is 1. The van der Waals surface area contributed by atoms with E-state index in [2.05, 4.69) is 29.5 Å². The van der Waals surface area contributed by atoms with Crippen LogP contribution < -0.4 is 20.1 Å². The van der Waals surface area contributed by atoms with Crippen LogP contribution in [0.3, 0.4) is 0 Å². The normalized spacial score (nSPS) is 12.3. The van der Waals surface area contributed by atoms with Gasteiger partial charge in [0.05, 0.1) is 20.3 Å². The van der Waals surface area contributed by atoms with Crippen molar-refractivity contribution in [3.05, 3.63) is 24.3 Å². The number of hydrogen-bond acceptors (Lipinski definition) is 4. The molecule has 0 radical (unpaired) electrons. The molecule has 1 atom stereocenters. The molecule has 2 N–H and O–H groups in total. The number of halogens is 1. The Kier molecular flexibility index (Phi) is 14.2. The van der Waals surface area contributed by atoms with E-state index in [1.165, 1.54) is 0 Å². The van der Waals surface area contributed by atoms with Crippen molar-refractivity contribution in [1.29, 1.82) is 0 Å². The summed E-state index contributed by atoms with van der Waals surface area (Å²) in [6, 6.07) is 7.63. The number of hydrogen-bond donors (Lipinski definition) is 2. The van der Waals surface area contributed by atoms with Gasteiger partial charge in [0.15, 0.2) is 17.5 Å². The van der Waals surface area contributed by atoms with Gasteiger partial charge in [0.25, 0.3) is 0 Å². The molecule has 0 spiro atoms. The van der Waals surface area contributed by atoms with Gasteiger partial charge in [-0.2, -0.15) is 0 Å². The summed E-state index contributed by atoms with van der Waals surface area (Å²) in [5, 5.41) is 6.49. The fraction of sp³-hybridized carbons (Fsp3) is 0.632. The lowest BCUT2D eigenvalue weighted by Gasteiger charge is -2.19. The van der Waals surface area contributed by atoms with Crippen LogP contribution in [0.2, 0.25) is 0 Å². The standard InChI is InChI=1S/C19H33N3O3.HI/c1-15(2)10-12-24-13-11-21-19(20-4)22-14-16(3)25-18-9-7-6-8-17(18)23-5;/h6-9,15-16H,10-14H2,1-5H3,(H2,20,21,22);1H. The van der Waals surface area contributed by atoms with Gasteiger partial charge in [-0.15, -0.1) is 24.0 Å². The molecule has 0 saturated heterocycles. The average Bonchev–Trinajstić information content (AvgIpc) is 2.60. The lowest BCUT2D eigenvalue weighted by molar-refractivity contribution is 0.128. The Hall–Kier alpha value is -1.22. The second-order valence-corrected chi connectivity index (χ2v) is 6.25. The van der Waals surface area contributed by atoms with Gasteiger partial charge in [-0.3, -0.25) is 4.99 Å². The lowest BCUT2D eigenvalue weighted by Crippen LogP contribution is -2.42. The smallest absolute Gasteiger partial charge is 0.191 e. The van der Waals surface area contributed by atoms with Crippen molar-refractivity contribution in [2.75, 3.05) is 40.5 Å². The maximum Gasteiger partial charge on any atom is 0.191 e. The number of guanidine groups is 1. The molecule has 0 aliphatic heterocycles. The molecule has 0 aliphatic carbocycles. The molecule has 6 nitrogen and oxygen atoms in total. The van der Waals surface area contributed by atoms with Gasteiger partial charge in [0.1, 0.15) is 6.10 Å². The highest BCUT2D eigenvalue weighted by Gasteiger charge is 2.09. The molecule has 1 rings (SSSR count). The topological polar surface area (TPSA) is 64.1 Å². The third-order valence-electron chi connectivity index (χ3n) is 3.56. The van der Waals surface area contributed by atoms with E-state index in [-0.39, 0.29) is 30.1 Å². The second kappa shape index (κ2) is 14.9. The molecule has 0 aliphatic rings. The van der Waals surface area contributed by atoms with Crippen LogP contribution in [0.25, 0.3) is 0 Å². The molecule has 1 aromatic rings. The van der Waals surface area contributed by atoms with Crippen LogP contribution in [-0.4, -0.2) is 52.5 Å². The van der Waals surface area contributed by atoms with Crippen molar-refractivity contribution >= 4 is 29.9 Å². The minimum Gasteiger partial charge on any atom is -0.493 e. The Morgan fingerprint density at radius 1 is 1.08 bits per heavy atom. The maximum atomic E-state index is 5.92. The highest BCUT2D eigenvalue weighted by atomic mass is 127. The Labute approximate surface area is 175 Å². The SMILES string of the molecule is CN=C(NCCOCCC(C)C)NCC(C)Oc1ccccc1OC.I. The Bertz CT molecular complexity index is 513. The monoisotopic (exact) mass is 479 g/mol. The first-order valence-corrected chi connectivity index (χ1v) is 8.88. The minimum atomic E-state index is -0.0304. The third-order valence-corrected chi connectivity index (χ3v) is 3.56. The average molecular weight is 479 g/mol. The summed E-state index contributed by atoms with van der Waals surface area (Å²) in [6.45, 7) is 9.21. The number of rotatable bonds is 11. The molecule has 0 fully saturated rings. The van der Waals surface area contributed by atoms with Crippen LogP contribution in [0.5, 0.6) is 11.5 Å². The molecule has 150 valence electrons. The molecule has 7 heteroatoms. The van der Waals surface area contributed by atoms with E-state index in [1.807, 2.05) is 31.2 Å². The van der Waals surface area contributed by atoms with Gasteiger partial charge in [-0.05, 0) is 31.4 Å². The predicted molar refractivity (Wildman–Crippen MR) is 118 cm³/mol. The number of para-hydroxylation sites is 2. The van der Waals surface area contributed by atoms with Crippen molar-refractivity contribution < 1.29 is 14.2 Å². The predicted octanol–water partition coefficient (Wildman–Crippen LogP) is 3.31. The number of methoxy groups -OCH3 is 1. The number of benzene rings is 1. The molecule has 26 heavy (non-hydrogen) atoms. The quantitative estimate of drug-likeness (QED) is 0.221. The first kappa shape index (κ1) is 24.8. The van der Waals surface area contributed by atoms with Gasteiger partial charge >= 0.3 is 0 Å². The minimum absolute atomic E-state index is 0. The fourth-order valence-electron chi connectivity index (χ4n) is 2.10. The van der Waals surface area contributed by atoms with E-state index in [4.69, 9.17) is 14.2 Å². The Morgan fingerprint density at radius 3 is 2.38 bits per heavy atom. The zero-order chi connectivity index (χ0) is 18.5. The summed E-state index contributed by atoms with van der Waals surface area (Å²) in [4.78, 5) is 4.21. The number of ether oxygens (including phenoxy) is 3. The van der Waals surface area contributed by atoms with Crippen LogP contribution in [0, 0.1) is 5.92 Å². The zero-order valence-corrected chi connectivity index (χ0v) is 18.9. The van der Waals surface area contributed by atoms with Crippen LogP contribution in [0.1, 0.15) is 27.2 Å². The van der Waals surface area contributed by atoms with Gasteiger partial charge < -0.3 is 24.8 Å². The summed E-state index contributed by atoms with van der Waals surface area (Å²) >= 11 is 0. The van der Waals surface area contributed by atoms with Gasteiger partial charge in [0, 0.05) is 20.2 Å². The van der Waals surface area contributed by atoms with Crippen molar-refractivity contribution in [3.63, 3.8) is 0 Å². The molecule has 1 unspecified atom stereocenters. The lowest BCUT2D eigenvalue weighted by atomic mass is 10.1. The largest absolute Gasteiger partial charge is 0.493 e. The summed E-state index contributed by atoms with van der Waals surface area (Å²) in [6.07, 6.45) is 1.06. The van der Waals surface area contributed by atoms with Crippen LogP contribution >= 0.6 is 24.0 Å². The van der Waals surface area contributed by atoms with E-state index >= 15 is 0 Å². The highest BCUT2D eigenvalue weighted by molar-refractivity contribution is 14.0. The molecule has 0 amide bonds. The van der Waals surface area contributed by atoms with Gasteiger partial charge in [0.2, 0.25) is 0 Å². The third kappa shape index (κ3) is 10.7. The second-order valence-electron chi connectivity index (χ2n) is 6.25. The van der Waals surface area contributed by atoms with E-state index in [0.29, 0.717) is 19.1 Å². The summed E-state index contributed by atoms with van der Waals surface area (Å²) < 4.78 is 16.8. The van der Waals surface area contributed by atoms with Gasteiger partial charge in [-0.25, -0.2) is 0 Å². The molecule has 0 heterocycles. The summed E-state index contributed by atoms with van der Waals surface area (Å²) in [7, 11) is 3.39. The highest BCUT2D eigenvalue weighted by Crippen LogP contribution is 2.26. The van der Waals surface area contributed by atoms with Crippen molar-refractivity contribution in [2.45, 2.75) is 33.3 Å². The van der Waals surface area contributed by atoms with Gasteiger partial charge in [-0.1, -0.05) is 26.0 Å². The van der Waals surface area contributed by atoms with E-state index in [0.717, 1.165) is 37.0 Å². The summed E-state index contributed by atoms with van der Waals surface area (Å²) in [5.74, 6) is 2.88. The van der Waals surface area contributed by atoms with Crippen molar-refractivity contribution in [1.82, 2.24) is 10.6 Å². The van der Waals surface area contributed by atoms with E-state index < -0.39 is 0 Å². The van der Waals surface area contributed by atoms with Crippen LogP contribution in [-0.2, 0) is 4.74 Å². The molecule has 0 aromatic heterocycles. The van der Waals surface area contributed by atoms with Crippen LogP contribution in [0.4, 0.5) is 0 Å². The van der Waals surface area contributed by atoms with Crippen LogP contribution in [0.15, 0.2) is 29.3 Å². The molecular formula is C19H34IN3O3. The van der Waals surface area contributed by atoms with E-state index in [9.17, 15) is 0 Å². The first-order valence-electron chi connectivity index (χ1n) is 8.88. The maximum absolute atomic E-state index is 5.92. The first-order chi connectivity index (χ1) is 12.1. The zero-order valence-electron chi connectivity index (χ0n) is 16.6. The molecule has 0 bridgehead atoms. The van der Waals surface area contributed by atoms with E-state index in [1.54, 1.807) is 14.2 Å². The van der Waals surface area contributed by atoms with Crippen molar-refractivity contribution in [3.8, 4) is 11.5 Å². The van der Waals surface area contributed by atoms with Crippen molar-refractivity contribution in [2.24, 2.45) is 10.9 Å². The Balaban J connectivity index is 0.00000625. The summed E-state index contributed by atoms with van der Waals surface area (Å²) in [5.41, 5.74) is 0.